The van der Waals surface area contributed by atoms with Crippen LogP contribution < -0.4 is 19.5 Å². The first-order chi connectivity index (χ1) is 14.4. The molecule has 8 nitrogen and oxygen atoms in total. The summed E-state index contributed by atoms with van der Waals surface area (Å²) in [5.41, 5.74) is 1.32. The number of amidine groups is 1. The fourth-order valence-corrected chi connectivity index (χ4v) is 4.36. The highest BCUT2D eigenvalue weighted by atomic mass is 32.2. The lowest BCUT2D eigenvalue weighted by atomic mass is 10.1. The lowest BCUT2D eigenvalue weighted by molar-refractivity contribution is -0.120. The number of nitrogens with one attached hydrogen (secondary N) is 2. The molecule has 1 amide bonds. The zero-order valence-corrected chi connectivity index (χ0v) is 18.0. The Balaban J connectivity index is 1.68. The summed E-state index contributed by atoms with van der Waals surface area (Å²) in [4.78, 5) is 16.7. The molecule has 1 atom stereocenters. The molecule has 0 bridgehead atoms. The molecule has 1 unspecified atom stereocenters. The summed E-state index contributed by atoms with van der Waals surface area (Å²) >= 11 is 0. The van der Waals surface area contributed by atoms with Gasteiger partial charge in [0.05, 0.1) is 24.2 Å². The second-order valence-electron chi connectivity index (χ2n) is 6.63. The lowest BCUT2D eigenvalue weighted by Crippen LogP contribution is -2.30. The van der Waals surface area contributed by atoms with E-state index in [1.807, 2.05) is 39.0 Å². The monoisotopic (exact) mass is 431 g/mol. The number of hydrogen-bond acceptors (Lipinski definition) is 6. The molecule has 0 aliphatic carbocycles. The molecule has 2 aromatic carbocycles. The van der Waals surface area contributed by atoms with Crippen molar-refractivity contribution in [3.63, 3.8) is 0 Å². The van der Waals surface area contributed by atoms with Gasteiger partial charge in [-0.05, 0) is 50.6 Å². The minimum Gasteiger partial charge on any atom is -0.490 e. The molecule has 1 heterocycles. The van der Waals surface area contributed by atoms with E-state index in [2.05, 4.69) is 15.0 Å². The van der Waals surface area contributed by atoms with E-state index in [1.165, 1.54) is 6.07 Å². The highest BCUT2D eigenvalue weighted by Gasteiger charge is 2.30. The third-order valence-corrected chi connectivity index (χ3v) is 5.89. The first kappa shape index (κ1) is 21.6. The number of nitrogens with zero attached hydrogens (tertiary/aromatic N) is 1. The van der Waals surface area contributed by atoms with Crippen LogP contribution in [0.15, 0.2) is 52.4 Å². The molecule has 0 fully saturated rings. The Morgan fingerprint density at radius 1 is 1.10 bits per heavy atom. The van der Waals surface area contributed by atoms with E-state index in [4.69, 9.17) is 9.47 Å². The molecule has 1 aliphatic heterocycles. The molecule has 0 saturated carbocycles. The topological polar surface area (TPSA) is 106 Å². The van der Waals surface area contributed by atoms with Crippen molar-refractivity contribution < 1.29 is 22.7 Å². The largest absolute Gasteiger partial charge is 0.490 e. The van der Waals surface area contributed by atoms with Crippen LogP contribution in [-0.2, 0) is 14.8 Å². The van der Waals surface area contributed by atoms with Crippen molar-refractivity contribution >= 4 is 21.8 Å². The van der Waals surface area contributed by atoms with Crippen LogP contribution in [0, 0.1) is 0 Å². The average Bonchev–Trinajstić information content (AvgIpc) is 2.98. The van der Waals surface area contributed by atoms with E-state index in [1.54, 1.807) is 18.2 Å². The molecule has 30 heavy (non-hydrogen) atoms. The molecule has 1 aliphatic rings. The minimum absolute atomic E-state index is 0.162. The predicted octanol–water partition coefficient (Wildman–Crippen LogP) is 2.40. The van der Waals surface area contributed by atoms with Gasteiger partial charge in [-0.1, -0.05) is 18.2 Å². The van der Waals surface area contributed by atoms with Gasteiger partial charge < -0.3 is 14.8 Å². The summed E-state index contributed by atoms with van der Waals surface area (Å²) in [5, 5.41) is 2.87. The van der Waals surface area contributed by atoms with Gasteiger partial charge in [0.2, 0.25) is 5.91 Å². The normalized spacial score (nSPS) is 16.4. The van der Waals surface area contributed by atoms with E-state index < -0.39 is 10.0 Å². The van der Waals surface area contributed by atoms with Crippen molar-refractivity contribution in [1.82, 2.24) is 10.0 Å². The fourth-order valence-electron chi connectivity index (χ4n) is 3.11. The van der Waals surface area contributed by atoms with Crippen LogP contribution in [-0.4, -0.2) is 39.9 Å². The van der Waals surface area contributed by atoms with Crippen molar-refractivity contribution in [3.05, 3.63) is 53.6 Å². The van der Waals surface area contributed by atoms with Crippen LogP contribution in [0.2, 0.25) is 0 Å². The van der Waals surface area contributed by atoms with Crippen LogP contribution in [0.3, 0.4) is 0 Å². The Kier molecular flexibility index (Phi) is 6.61. The number of aliphatic imine (C=N–C) groups is 1. The van der Waals surface area contributed by atoms with Crippen molar-refractivity contribution in [3.8, 4) is 11.5 Å². The Bertz CT molecular complexity index is 1070. The van der Waals surface area contributed by atoms with E-state index in [-0.39, 0.29) is 29.2 Å². The van der Waals surface area contributed by atoms with Gasteiger partial charge in [0.1, 0.15) is 12.4 Å². The van der Waals surface area contributed by atoms with E-state index in [0.29, 0.717) is 30.3 Å². The Hall–Kier alpha value is -3.07. The quantitative estimate of drug-likeness (QED) is 0.668. The Morgan fingerprint density at radius 2 is 1.80 bits per heavy atom. The van der Waals surface area contributed by atoms with Gasteiger partial charge in [0.25, 0.3) is 10.0 Å². The van der Waals surface area contributed by atoms with Crippen molar-refractivity contribution in [2.45, 2.75) is 31.7 Å². The maximum atomic E-state index is 12.4. The number of hydrogen-bond donors (Lipinski definition) is 2. The van der Waals surface area contributed by atoms with Gasteiger partial charge in [0.15, 0.2) is 11.5 Å². The second kappa shape index (κ2) is 9.17. The molecule has 2 N–H and O–H groups in total. The number of benzene rings is 2. The number of ether oxygens (including phenoxy) is 2. The van der Waals surface area contributed by atoms with Crippen molar-refractivity contribution in [2.75, 3.05) is 19.8 Å². The Morgan fingerprint density at radius 3 is 2.53 bits per heavy atom. The molecule has 0 aromatic heterocycles. The third-order valence-electron chi connectivity index (χ3n) is 4.49. The van der Waals surface area contributed by atoms with Gasteiger partial charge in [-0.25, -0.2) is 8.42 Å². The molecular weight excluding hydrogens is 406 g/mol. The summed E-state index contributed by atoms with van der Waals surface area (Å²) in [6.45, 7) is 6.47. The number of rotatable bonds is 8. The second-order valence-corrected chi connectivity index (χ2v) is 8.28. The SMILES string of the molecule is CCOc1ccc(C(C)NC(=O)CN=C2NS(=O)(=O)c3ccccc32)cc1OCC. The highest BCUT2D eigenvalue weighted by Crippen LogP contribution is 2.30. The fraction of sp³-hybridized carbons (Fsp3) is 0.333. The van der Waals surface area contributed by atoms with E-state index in [0.717, 1.165) is 5.56 Å². The summed E-state index contributed by atoms with van der Waals surface area (Å²) in [6.07, 6.45) is 0. The van der Waals surface area contributed by atoms with Gasteiger partial charge in [0, 0.05) is 5.56 Å². The lowest BCUT2D eigenvalue weighted by Gasteiger charge is -2.17. The highest BCUT2D eigenvalue weighted by molar-refractivity contribution is 7.90. The summed E-state index contributed by atoms with van der Waals surface area (Å²) in [5.74, 6) is 1.12. The summed E-state index contributed by atoms with van der Waals surface area (Å²) in [7, 11) is -3.63. The first-order valence-corrected chi connectivity index (χ1v) is 11.2. The third kappa shape index (κ3) is 4.73. The molecule has 9 heteroatoms. The van der Waals surface area contributed by atoms with Gasteiger partial charge in [-0.3, -0.25) is 14.5 Å². The standard InChI is InChI=1S/C21H25N3O5S/c1-4-28-17-11-10-15(12-18(17)29-5-2)14(3)23-20(25)13-22-21-16-8-6-7-9-19(16)30(26,27)24-21/h6-12,14H,4-5,13H2,1-3H3,(H,22,24)(H,23,25). The molecule has 0 saturated heterocycles. The molecule has 0 spiro atoms. The maximum Gasteiger partial charge on any atom is 0.263 e. The van der Waals surface area contributed by atoms with Crippen molar-refractivity contribution in [1.29, 1.82) is 0 Å². The smallest absolute Gasteiger partial charge is 0.263 e. The molecule has 3 rings (SSSR count). The van der Waals surface area contributed by atoms with Gasteiger partial charge in [-0.2, -0.15) is 0 Å². The first-order valence-electron chi connectivity index (χ1n) is 9.71. The number of carbonyl (C=O) groups excluding carboxylic acids is 1. The van der Waals surface area contributed by atoms with Crippen LogP contribution in [0.4, 0.5) is 0 Å². The van der Waals surface area contributed by atoms with Crippen LogP contribution in [0.1, 0.15) is 37.9 Å². The number of sulfonamides is 1. The number of carbonyl (C=O) groups is 1. The van der Waals surface area contributed by atoms with Crippen LogP contribution in [0.5, 0.6) is 11.5 Å². The zero-order chi connectivity index (χ0) is 21.7. The molecule has 2 aromatic rings. The summed E-state index contributed by atoms with van der Waals surface area (Å²) in [6, 6.07) is 11.8. The predicted molar refractivity (Wildman–Crippen MR) is 114 cm³/mol. The van der Waals surface area contributed by atoms with Crippen LogP contribution >= 0.6 is 0 Å². The van der Waals surface area contributed by atoms with E-state index in [9.17, 15) is 13.2 Å². The maximum absolute atomic E-state index is 12.4. The van der Waals surface area contributed by atoms with Gasteiger partial charge in [-0.15, -0.1) is 0 Å². The molecular formula is C21H25N3O5S. The molecule has 0 radical (unpaired) electrons. The zero-order valence-electron chi connectivity index (χ0n) is 17.1. The average molecular weight is 432 g/mol. The van der Waals surface area contributed by atoms with Crippen molar-refractivity contribution in [2.24, 2.45) is 4.99 Å². The number of fused-ring (bicyclic) bond motifs is 1. The van der Waals surface area contributed by atoms with E-state index >= 15 is 0 Å². The van der Waals surface area contributed by atoms with Crippen LogP contribution in [0.25, 0.3) is 0 Å². The summed E-state index contributed by atoms with van der Waals surface area (Å²) < 4.78 is 37.8. The Labute approximate surface area is 176 Å². The molecule has 160 valence electrons. The minimum atomic E-state index is -3.63. The number of amides is 1. The van der Waals surface area contributed by atoms with Gasteiger partial charge >= 0.3 is 0 Å².